The average molecular weight is 361 g/mol. The number of aromatic amines is 1. The molecule has 0 aliphatic carbocycles. The number of H-pyrrole nitrogens is 1. The van der Waals surface area contributed by atoms with E-state index in [0.717, 1.165) is 50.0 Å². The largest absolute Gasteiger partial charge is 0.351 e. The van der Waals surface area contributed by atoms with Crippen LogP contribution in [0.5, 0.6) is 0 Å². The molecule has 1 fully saturated rings. The fraction of sp³-hybridized carbons (Fsp3) is 0.348. The zero-order chi connectivity index (χ0) is 18.8. The molecule has 3 aromatic rings. The summed E-state index contributed by atoms with van der Waals surface area (Å²) in [6, 6.07) is 16.9. The molecule has 2 aromatic carbocycles. The van der Waals surface area contributed by atoms with E-state index in [1.54, 1.807) is 0 Å². The van der Waals surface area contributed by atoms with Gasteiger partial charge in [0.2, 0.25) is 0 Å². The summed E-state index contributed by atoms with van der Waals surface area (Å²) in [5, 5.41) is 1.14. The maximum Gasteiger partial charge on any atom is 0.270 e. The number of carbonyl (C=O) groups excluding carboxylic acids is 1. The summed E-state index contributed by atoms with van der Waals surface area (Å²) < 4.78 is 0. The molecule has 0 unspecified atom stereocenters. The number of aryl methyl sites for hydroxylation is 2. The Labute approximate surface area is 160 Å². The van der Waals surface area contributed by atoms with E-state index in [1.165, 1.54) is 16.7 Å². The van der Waals surface area contributed by atoms with Gasteiger partial charge < -0.3 is 9.88 Å². The number of aromatic nitrogens is 1. The number of nitrogens with one attached hydrogen (secondary N) is 1. The third kappa shape index (κ3) is 3.91. The SMILES string of the molecule is Cc1cc(C)c2cc(C(=O)N3CCN(CCc4ccccc4)CC3)[nH]c2c1. The van der Waals surface area contributed by atoms with E-state index in [1.807, 2.05) is 11.0 Å². The van der Waals surface area contributed by atoms with Crippen LogP contribution in [-0.4, -0.2) is 53.4 Å². The fourth-order valence-electron chi connectivity index (χ4n) is 3.99. The van der Waals surface area contributed by atoms with Gasteiger partial charge in [-0.1, -0.05) is 36.4 Å². The predicted molar refractivity (Wildman–Crippen MR) is 110 cm³/mol. The Hall–Kier alpha value is -2.59. The molecular formula is C23H27N3O. The number of fused-ring (bicyclic) bond motifs is 1. The van der Waals surface area contributed by atoms with Crippen molar-refractivity contribution < 1.29 is 4.79 Å². The van der Waals surface area contributed by atoms with E-state index >= 15 is 0 Å². The van der Waals surface area contributed by atoms with Gasteiger partial charge in [-0.05, 0) is 49.1 Å². The highest BCUT2D eigenvalue weighted by Gasteiger charge is 2.23. The molecule has 4 heteroatoms. The quantitative estimate of drug-likeness (QED) is 0.768. The van der Waals surface area contributed by atoms with Crippen LogP contribution in [0.1, 0.15) is 27.2 Å². The van der Waals surface area contributed by atoms with Crippen LogP contribution in [-0.2, 0) is 6.42 Å². The first-order valence-electron chi connectivity index (χ1n) is 9.76. The van der Waals surface area contributed by atoms with Crippen molar-refractivity contribution >= 4 is 16.8 Å². The molecule has 0 bridgehead atoms. The maximum atomic E-state index is 12.9. The molecule has 27 heavy (non-hydrogen) atoms. The van der Waals surface area contributed by atoms with Crippen LogP contribution >= 0.6 is 0 Å². The lowest BCUT2D eigenvalue weighted by Crippen LogP contribution is -2.49. The minimum atomic E-state index is 0.117. The van der Waals surface area contributed by atoms with Gasteiger partial charge in [-0.25, -0.2) is 0 Å². The summed E-state index contributed by atoms with van der Waals surface area (Å²) in [6.45, 7) is 8.71. The fourth-order valence-corrected chi connectivity index (χ4v) is 3.99. The zero-order valence-corrected chi connectivity index (χ0v) is 16.2. The first-order valence-corrected chi connectivity index (χ1v) is 9.76. The number of nitrogens with zero attached hydrogens (tertiary/aromatic N) is 2. The van der Waals surface area contributed by atoms with Crippen molar-refractivity contribution in [2.24, 2.45) is 0 Å². The normalized spacial score (nSPS) is 15.4. The highest BCUT2D eigenvalue weighted by atomic mass is 16.2. The Kier molecular flexibility index (Phi) is 4.99. The highest BCUT2D eigenvalue weighted by molar-refractivity contribution is 5.99. The Morgan fingerprint density at radius 2 is 1.74 bits per heavy atom. The third-order valence-corrected chi connectivity index (χ3v) is 5.54. The van der Waals surface area contributed by atoms with Crippen LogP contribution in [0.25, 0.3) is 10.9 Å². The maximum absolute atomic E-state index is 12.9. The van der Waals surface area contributed by atoms with Gasteiger partial charge in [-0.2, -0.15) is 0 Å². The van der Waals surface area contributed by atoms with Crippen molar-refractivity contribution in [1.82, 2.24) is 14.8 Å². The van der Waals surface area contributed by atoms with E-state index in [2.05, 4.69) is 66.2 Å². The Balaban J connectivity index is 1.36. The van der Waals surface area contributed by atoms with E-state index in [0.29, 0.717) is 5.69 Å². The number of hydrogen-bond acceptors (Lipinski definition) is 2. The van der Waals surface area contributed by atoms with Crippen LogP contribution in [0.2, 0.25) is 0 Å². The summed E-state index contributed by atoms with van der Waals surface area (Å²) in [5.74, 6) is 0.117. The second kappa shape index (κ2) is 7.57. The van der Waals surface area contributed by atoms with Crippen molar-refractivity contribution in [3.8, 4) is 0 Å². The molecule has 1 aromatic heterocycles. The van der Waals surface area contributed by atoms with Crippen molar-refractivity contribution in [3.63, 3.8) is 0 Å². The standard InChI is InChI=1S/C23H27N3O/c1-17-14-18(2)20-16-22(24-21(20)15-17)23(27)26-12-10-25(11-13-26)9-8-19-6-4-3-5-7-19/h3-7,14-16,24H,8-13H2,1-2H3. The van der Waals surface area contributed by atoms with Gasteiger partial charge in [0.25, 0.3) is 5.91 Å². The smallest absolute Gasteiger partial charge is 0.270 e. The summed E-state index contributed by atoms with van der Waals surface area (Å²) in [7, 11) is 0. The number of carbonyl (C=O) groups is 1. The molecule has 1 amide bonds. The minimum absolute atomic E-state index is 0.117. The van der Waals surface area contributed by atoms with Crippen molar-refractivity contribution in [2.45, 2.75) is 20.3 Å². The summed E-state index contributed by atoms with van der Waals surface area (Å²) in [5.41, 5.74) is 5.56. The molecule has 1 saturated heterocycles. The van der Waals surface area contributed by atoms with Crippen LogP contribution in [0.3, 0.4) is 0 Å². The van der Waals surface area contributed by atoms with Gasteiger partial charge in [-0.15, -0.1) is 0 Å². The second-order valence-electron chi connectivity index (χ2n) is 7.60. The van der Waals surface area contributed by atoms with Crippen molar-refractivity contribution in [1.29, 1.82) is 0 Å². The van der Waals surface area contributed by atoms with Crippen LogP contribution in [0.15, 0.2) is 48.5 Å². The molecule has 140 valence electrons. The average Bonchev–Trinajstić information content (AvgIpc) is 3.11. The number of piperazine rings is 1. The molecule has 1 aliphatic rings. The molecule has 0 spiro atoms. The van der Waals surface area contributed by atoms with Gasteiger partial charge in [-0.3, -0.25) is 9.69 Å². The lowest BCUT2D eigenvalue weighted by molar-refractivity contribution is 0.0633. The molecule has 1 aliphatic heterocycles. The number of benzene rings is 2. The lowest BCUT2D eigenvalue weighted by atomic mass is 10.1. The van der Waals surface area contributed by atoms with Crippen molar-refractivity contribution in [3.05, 3.63) is 70.9 Å². The Morgan fingerprint density at radius 1 is 1.00 bits per heavy atom. The van der Waals surface area contributed by atoms with Crippen LogP contribution in [0, 0.1) is 13.8 Å². The third-order valence-electron chi connectivity index (χ3n) is 5.54. The first kappa shape index (κ1) is 17.8. The molecule has 4 nitrogen and oxygen atoms in total. The lowest BCUT2D eigenvalue weighted by Gasteiger charge is -2.34. The molecular weight excluding hydrogens is 334 g/mol. The van der Waals surface area contributed by atoms with Crippen LogP contribution < -0.4 is 0 Å². The minimum Gasteiger partial charge on any atom is -0.351 e. The predicted octanol–water partition coefficient (Wildman–Crippen LogP) is 3.79. The van der Waals surface area contributed by atoms with Gasteiger partial charge in [0.15, 0.2) is 0 Å². The second-order valence-corrected chi connectivity index (χ2v) is 7.60. The summed E-state index contributed by atoms with van der Waals surface area (Å²) >= 11 is 0. The van der Waals surface area contributed by atoms with Gasteiger partial charge in [0.1, 0.15) is 5.69 Å². The first-order chi connectivity index (χ1) is 13.1. The molecule has 1 N–H and O–H groups in total. The number of hydrogen-bond donors (Lipinski definition) is 1. The Bertz CT molecular complexity index is 937. The molecule has 0 saturated carbocycles. The monoisotopic (exact) mass is 361 g/mol. The molecule has 0 atom stereocenters. The summed E-state index contributed by atoms with van der Waals surface area (Å²) in [6.07, 6.45) is 1.06. The number of amides is 1. The molecule has 0 radical (unpaired) electrons. The zero-order valence-electron chi connectivity index (χ0n) is 16.2. The topological polar surface area (TPSA) is 39.3 Å². The molecule has 4 rings (SSSR count). The highest BCUT2D eigenvalue weighted by Crippen LogP contribution is 2.22. The van der Waals surface area contributed by atoms with Crippen molar-refractivity contribution in [2.75, 3.05) is 32.7 Å². The van der Waals surface area contributed by atoms with E-state index in [4.69, 9.17) is 0 Å². The van der Waals surface area contributed by atoms with Crippen LogP contribution in [0.4, 0.5) is 0 Å². The number of rotatable bonds is 4. The van der Waals surface area contributed by atoms with E-state index in [9.17, 15) is 4.79 Å². The van der Waals surface area contributed by atoms with E-state index in [-0.39, 0.29) is 5.91 Å². The summed E-state index contributed by atoms with van der Waals surface area (Å²) in [4.78, 5) is 20.7. The van der Waals surface area contributed by atoms with Gasteiger partial charge in [0.05, 0.1) is 0 Å². The van der Waals surface area contributed by atoms with Gasteiger partial charge >= 0.3 is 0 Å². The molecule has 2 heterocycles. The van der Waals surface area contributed by atoms with E-state index < -0.39 is 0 Å². The van der Waals surface area contributed by atoms with Gasteiger partial charge in [0, 0.05) is 43.6 Å². The Morgan fingerprint density at radius 3 is 2.48 bits per heavy atom.